The zero-order valence-electron chi connectivity index (χ0n) is 37.9. The number of allylic oxidation sites excluding steroid dienone is 6. The van der Waals surface area contributed by atoms with E-state index in [1.54, 1.807) is 0 Å². The van der Waals surface area contributed by atoms with Crippen LogP contribution in [0, 0.1) is 0 Å². The van der Waals surface area contributed by atoms with E-state index in [4.69, 9.17) is 14.2 Å². The molecule has 0 saturated heterocycles. The van der Waals surface area contributed by atoms with Crippen molar-refractivity contribution >= 4 is 17.9 Å². The number of carbonyl (C=O) groups excluding carboxylic acids is 3. The van der Waals surface area contributed by atoms with Crippen LogP contribution in [0.1, 0.15) is 252 Å². The van der Waals surface area contributed by atoms with Gasteiger partial charge in [-0.1, -0.05) is 198 Å². The van der Waals surface area contributed by atoms with Gasteiger partial charge in [0.15, 0.2) is 6.10 Å². The first-order chi connectivity index (χ1) is 28.0. The summed E-state index contributed by atoms with van der Waals surface area (Å²) in [6.07, 6.45) is 52.6. The number of hydrogen-bond acceptors (Lipinski definition) is 6. The van der Waals surface area contributed by atoms with Gasteiger partial charge in [0, 0.05) is 19.3 Å². The molecule has 6 heteroatoms. The predicted molar refractivity (Wildman–Crippen MR) is 242 cm³/mol. The topological polar surface area (TPSA) is 78.9 Å². The molecule has 0 bridgehead atoms. The Morgan fingerprint density at radius 3 is 1.09 bits per heavy atom. The standard InChI is InChI=1S/C51H92O6/c1-4-7-10-13-16-19-22-25-27-29-32-35-38-41-44-50(53)56-47-48(46-55-49(52)43-40-37-34-31-28-24-21-18-15-12-9-6-3)57-51(54)45-42-39-36-33-30-26-23-20-17-14-11-8-5-2/h11,14,18,20-21,23,48H,4-10,12-13,15-17,19,22,24-47H2,1-3H3/b14-11-,21-18-,23-20-. The summed E-state index contributed by atoms with van der Waals surface area (Å²) in [7, 11) is 0. The molecule has 1 unspecified atom stereocenters. The van der Waals surface area contributed by atoms with Crippen LogP contribution in [0.15, 0.2) is 36.5 Å². The number of hydrogen-bond donors (Lipinski definition) is 0. The van der Waals surface area contributed by atoms with Gasteiger partial charge in [-0.25, -0.2) is 0 Å². The minimum absolute atomic E-state index is 0.0780. The molecule has 0 aromatic heterocycles. The van der Waals surface area contributed by atoms with Crippen LogP contribution in [-0.4, -0.2) is 37.2 Å². The van der Waals surface area contributed by atoms with Gasteiger partial charge in [0.1, 0.15) is 13.2 Å². The van der Waals surface area contributed by atoms with Gasteiger partial charge in [-0.2, -0.15) is 0 Å². The average Bonchev–Trinajstić information content (AvgIpc) is 3.21. The smallest absolute Gasteiger partial charge is 0.306 e. The number of unbranched alkanes of at least 4 members (excludes halogenated alkanes) is 27. The van der Waals surface area contributed by atoms with Crippen LogP contribution < -0.4 is 0 Å². The summed E-state index contributed by atoms with van der Waals surface area (Å²) in [5, 5.41) is 0. The van der Waals surface area contributed by atoms with Crippen LogP contribution in [0.3, 0.4) is 0 Å². The van der Waals surface area contributed by atoms with Crippen molar-refractivity contribution in [2.75, 3.05) is 13.2 Å². The highest BCUT2D eigenvalue weighted by Gasteiger charge is 2.19. The van der Waals surface area contributed by atoms with Crippen LogP contribution in [0.4, 0.5) is 0 Å². The maximum atomic E-state index is 12.7. The van der Waals surface area contributed by atoms with Gasteiger partial charge >= 0.3 is 17.9 Å². The largest absolute Gasteiger partial charge is 0.462 e. The molecule has 0 saturated carbocycles. The van der Waals surface area contributed by atoms with E-state index < -0.39 is 6.10 Å². The number of ether oxygens (including phenoxy) is 3. The molecule has 0 aliphatic heterocycles. The van der Waals surface area contributed by atoms with E-state index in [1.165, 1.54) is 116 Å². The zero-order valence-corrected chi connectivity index (χ0v) is 37.9. The molecule has 0 aromatic rings. The maximum Gasteiger partial charge on any atom is 0.306 e. The number of esters is 3. The molecule has 0 aliphatic carbocycles. The molecule has 0 aromatic carbocycles. The lowest BCUT2D eigenvalue weighted by molar-refractivity contribution is -0.167. The van der Waals surface area contributed by atoms with E-state index in [-0.39, 0.29) is 31.1 Å². The highest BCUT2D eigenvalue weighted by Crippen LogP contribution is 2.15. The molecule has 0 fully saturated rings. The fourth-order valence-electron chi connectivity index (χ4n) is 6.89. The van der Waals surface area contributed by atoms with Crippen molar-refractivity contribution in [2.45, 2.75) is 258 Å². The van der Waals surface area contributed by atoms with Crippen LogP contribution in [0.2, 0.25) is 0 Å². The van der Waals surface area contributed by atoms with Crippen molar-refractivity contribution in [2.24, 2.45) is 0 Å². The summed E-state index contributed by atoms with van der Waals surface area (Å²) in [5.74, 6) is -0.896. The molecule has 0 N–H and O–H groups in total. The molecule has 0 spiro atoms. The third kappa shape index (κ3) is 44.6. The zero-order chi connectivity index (χ0) is 41.5. The first-order valence-electron chi connectivity index (χ1n) is 24.5. The van der Waals surface area contributed by atoms with E-state index in [2.05, 4.69) is 57.2 Å². The van der Waals surface area contributed by atoms with Crippen molar-refractivity contribution in [1.82, 2.24) is 0 Å². The van der Waals surface area contributed by atoms with Gasteiger partial charge in [-0.05, 0) is 70.6 Å². The number of carbonyl (C=O) groups is 3. The summed E-state index contributed by atoms with van der Waals surface area (Å²) in [5.41, 5.74) is 0. The van der Waals surface area contributed by atoms with E-state index >= 15 is 0 Å². The van der Waals surface area contributed by atoms with Gasteiger partial charge in [0.2, 0.25) is 0 Å². The fourth-order valence-corrected chi connectivity index (χ4v) is 6.89. The SMILES string of the molecule is CCC/C=C\C/C=C\CCCCCCCC(=O)OC(COC(=O)CCCCCCC/C=C\CCCCC)COC(=O)CCCCCCCCCCCCCCCC. The quantitative estimate of drug-likeness (QED) is 0.0264. The minimum Gasteiger partial charge on any atom is -0.462 e. The van der Waals surface area contributed by atoms with Gasteiger partial charge in [-0.15, -0.1) is 0 Å². The van der Waals surface area contributed by atoms with Crippen LogP contribution in [0.5, 0.6) is 0 Å². The van der Waals surface area contributed by atoms with Crippen molar-refractivity contribution in [3.05, 3.63) is 36.5 Å². The Labute approximate surface area is 353 Å². The average molecular weight is 801 g/mol. The highest BCUT2D eigenvalue weighted by molar-refractivity contribution is 5.71. The first-order valence-corrected chi connectivity index (χ1v) is 24.5. The normalized spacial score (nSPS) is 12.3. The molecule has 0 radical (unpaired) electrons. The lowest BCUT2D eigenvalue weighted by Crippen LogP contribution is -2.30. The molecule has 57 heavy (non-hydrogen) atoms. The van der Waals surface area contributed by atoms with Crippen molar-refractivity contribution in [3.8, 4) is 0 Å². The molecule has 0 heterocycles. The van der Waals surface area contributed by atoms with Crippen LogP contribution in [0.25, 0.3) is 0 Å². The Hall–Kier alpha value is -2.37. The lowest BCUT2D eigenvalue weighted by Gasteiger charge is -2.18. The second-order valence-corrected chi connectivity index (χ2v) is 16.4. The molecule has 332 valence electrons. The Balaban J connectivity index is 4.38. The highest BCUT2D eigenvalue weighted by atomic mass is 16.6. The van der Waals surface area contributed by atoms with Crippen molar-refractivity contribution < 1.29 is 28.6 Å². The monoisotopic (exact) mass is 801 g/mol. The van der Waals surface area contributed by atoms with E-state index in [1.807, 2.05) is 0 Å². The van der Waals surface area contributed by atoms with Crippen LogP contribution >= 0.6 is 0 Å². The first kappa shape index (κ1) is 54.6. The van der Waals surface area contributed by atoms with Crippen LogP contribution in [-0.2, 0) is 28.6 Å². The third-order valence-electron chi connectivity index (χ3n) is 10.6. The lowest BCUT2D eigenvalue weighted by atomic mass is 10.0. The van der Waals surface area contributed by atoms with Gasteiger partial charge in [0.25, 0.3) is 0 Å². The van der Waals surface area contributed by atoms with Gasteiger partial charge in [-0.3, -0.25) is 14.4 Å². The molecule has 0 rings (SSSR count). The van der Waals surface area contributed by atoms with Gasteiger partial charge in [0.05, 0.1) is 0 Å². The molecule has 0 aliphatic rings. The Morgan fingerprint density at radius 2 is 0.667 bits per heavy atom. The summed E-state index contributed by atoms with van der Waals surface area (Å²) < 4.78 is 16.7. The summed E-state index contributed by atoms with van der Waals surface area (Å²) in [4.78, 5) is 37.8. The van der Waals surface area contributed by atoms with E-state index in [9.17, 15) is 14.4 Å². The molecule has 1 atom stereocenters. The van der Waals surface area contributed by atoms with E-state index in [0.717, 1.165) is 96.3 Å². The summed E-state index contributed by atoms with van der Waals surface area (Å²) in [6.45, 7) is 6.54. The number of rotatable bonds is 44. The summed E-state index contributed by atoms with van der Waals surface area (Å²) in [6, 6.07) is 0. The molecular formula is C51H92O6. The Bertz CT molecular complexity index is 969. The predicted octanol–water partition coefficient (Wildman–Crippen LogP) is 15.8. The Kier molecular flexibility index (Phi) is 44.4. The molecular weight excluding hydrogens is 709 g/mol. The summed E-state index contributed by atoms with van der Waals surface area (Å²) >= 11 is 0. The fraction of sp³-hybridized carbons (Fsp3) is 0.824. The maximum absolute atomic E-state index is 12.7. The second kappa shape index (κ2) is 46.3. The Morgan fingerprint density at radius 1 is 0.351 bits per heavy atom. The van der Waals surface area contributed by atoms with Gasteiger partial charge < -0.3 is 14.2 Å². The van der Waals surface area contributed by atoms with Crippen molar-refractivity contribution in [3.63, 3.8) is 0 Å². The molecule has 0 amide bonds. The molecule has 6 nitrogen and oxygen atoms in total. The van der Waals surface area contributed by atoms with E-state index in [0.29, 0.717) is 19.3 Å². The second-order valence-electron chi connectivity index (χ2n) is 16.4. The van der Waals surface area contributed by atoms with Crippen molar-refractivity contribution in [1.29, 1.82) is 0 Å². The minimum atomic E-state index is -0.777. The third-order valence-corrected chi connectivity index (χ3v) is 10.6.